The molecule has 0 aromatic heterocycles. The summed E-state index contributed by atoms with van der Waals surface area (Å²) in [5.41, 5.74) is -0.662. The first-order valence-corrected chi connectivity index (χ1v) is 4.29. The molecule has 2 heteroatoms. The summed E-state index contributed by atoms with van der Waals surface area (Å²) in [5, 5.41) is 9.79. The number of hydrogen-bond donors (Lipinski definition) is 1. The molecule has 2 atom stereocenters. The number of ether oxygens (including phenoxy) is 1. The second-order valence-corrected chi connectivity index (χ2v) is 3.34. The van der Waals surface area contributed by atoms with E-state index < -0.39 is 5.60 Å². The molecule has 0 radical (unpaired) electrons. The second kappa shape index (κ2) is 4.73. The minimum atomic E-state index is -0.662. The van der Waals surface area contributed by atoms with Crippen LogP contribution in [0.3, 0.4) is 0 Å². The van der Waals surface area contributed by atoms with Crippen LogP contribution < -0.4 is 0 Å². The van der Waals surface area contributed by atoms with Crippen LogP contribution in [0, 0.1) is 0 Å². The third kappa shape index (κ3) is 3.73. The van der Waals surface area contributed by atoms with E-state index in [0.717, 1.165) is 19.3 Å². The fourth-order valence-corrected chi connectivity index (χ4v) is 0.992. The third-order valence-electron chi connectivity index (χ3n) is 2.27. The Bertz CT molecular complexity index is 99.7. The minimum Gasteiger partial charge on any atom is -0.387 e. The molecule has 2 nitrogen and oxygen atoms in total. The van der Waals surface area contributed by atoms with E-state index in [9.17, 15) is 5.11 Å². The van der Waals surface area contributed by atoms with Gasteiger partial charge in [0.05, 0.1) is 11.7 Å². The molecule has 0 rings (SSSR count). The first-order valence-electron chi connectivity index (χ1n) is 4.29. The maximum atomic E-state index is 9.79. The zero-order chi connectivity index (χ0) is 8.91. The average Bonchev–Trinajstić information content (AvgIpc) is 1.99. The van der Waals surface area contributed by atoms with Gasteiger partial charge in [0, 0.05) is 7.11 Å². The molecule has 0 heterocycles. The smallest absolute Gasteiger partial charge is 0.0877 e. The van der Waals surface area contributed by atoms with Gasteiger partial charge in [-0.15, -0.1) is 0 Å². The van der Waals surface area contributed by atoms with Gasteiger partial charge in [0.1, 0.15) is 0 Å². The van der Waals surface area contributed by atoms with Crippen molar-refractivity contribution in [2.24, 2.45) is 0 Å². The van der Waals surface area contributed by atoms with Crippen LogP contribution >= 0.6 is 0 Å². The molecule has 0 spiro atoms. The largest absolute Gasteiger partial charge is 0.387 e. The van der Waals surface area contributed by atoms with Gasteiger partial charge in [-0.05, 0) is 20.3 Å². The van der Waals surface area contributed by atoms with Crippen molar-refractivity contribution in [3.05, 3.63) is 0 Å². The van der Waals surface area contributed by atoms with Gasteiger partial charge in [0.2, 0.25) is 0 Å². The Morgan fingerprint density at radius 1 is 1.55 bits per heavy atom. The molecule has 1 N–H and O–H groups in total. The number of methoxy groups -OCH3 is 1. The lowest BCUT2D eigenvalue weighted by molar-refractivity contribution is -0.0778. The Morgan fingerprint density at radius 3 is 2.45 bits per heavy atom. The quantitative estimate of drug-likeness (QED) is 0.666. The zero-order valence-corrected chi connectivity index (χ0v) is 8.05. The first kappa shape index (κ1) is 10.9. The Morgan fingerprint density at radius 2 is 2.09 bits per heavy atom. The number of hydrogen-bond acceptors (Lipinski definition) is 2. The number of aliphatic hydroxyl groups is 1. The lowest BCUT2D eigenvalue weighted by atomic mass is 9.94. The van der Waals surface area contributed by atoms with Gasteiger partial charge in [-0.25, -0.2) is 0 Å². The highest BCUT2D eigenvalue weighted by atomic mass is 16.5. The fraction of sp³-hybridized carbons (Fsp3) is 1.00. The molecule has 0 aliphatic heterocycles. The van der Waals surface area contributed by atoms with E-state index in [2.05, 4.69) is 6.92 Å². The fourth-order valence-electron chi connectivity index (χ4n) is 0.992. The SMILES string of the molecule is CCCCC(C)(O)C(C)OC. The van der Waals surface area contributed by atoms with Crippen LogP contribution in [0.25, 0.3) is 0 Å². The van der Waals surface area contributed by atoms with E-state index in [4.69, 9.17) is 4.74 Å². The minimum absolute atomic E-state index is 0.0750. The van der Waals surface area contributed by atoms with Crippen molar-refractivity contribution in [2.75, 3.05) is 7.11 Å². The van der Waals surface area contributed by atoms with Crippen LogP contribution in [0.5, 0.6) is 0 Å². The molecule has 0 amide bonds. The Labute approximate surface area is 69.6 Å². The Hall–Kier alpha value is -0.0800. The van der Waals surface area contributed by atoms with Crippen molar-refractivity contribution in [2.45, 2.75) is 51.7 Å². The summed E-state index contributed by atoms with van der Waals surface area (Å²) in [5.74, 6) is 0. The van der Waals surface area contributed by atoms with Gasteiger partial charge in [0.15, 0.2) is 0 Å². The normalized spacial score (nSPS) is 19.4. The van der Waals surface area contributed by atoms with Crippen LogP contribution in [0.4, 0.5) is 0 Å². The van der Waals surface area contributed by atoms with E-state index in [0.29, 0.717) is 0 Å². The molecule has 0 aliphatic rings. The summed E-state index contributed by atoms with van der Waals surface area (Å²) in [4.78, 5) is 0. The van der Waals surface area contributed by atoms with Crippen LogP contribution in [-0.2, 0) is 4.74 Å². The predicted octanol–water partition coefficient (Wildman–Crippen LogP) is 1.96. The highest BCUT2D eigenvalue weighted by molar-refractivity contribution is 4.79. The maximum Gasteiger partial charge on any atom is 0.0877 e. The van der Waals surface area contributed by atoms with Crippen LogP contribution in [0.2, 0.25) is 0 Å². The topological polar surface area (TPSA) is 29.5 Å². The van der Waals surface area contributed by atoms with Crippen molar-refractivity contribution in [3.63, 3.8) is 0 Å². The van der Waals surface area contributed by atoms with Gasteiger partial charge in [-0.3, -0.25) is 0 Å². The molecule has 2 unspecified atom stereocenters. The molecule has 0 bridgehead atoms. The lowest BCUT2D eigenvalue weighted by Gasteiger charge is -2.28. The van der Waals surface area contributed by atoms with Crippen LogP contribution in [0.1, 0.15) is 40.0 Å². The van der Waals surface area contributed by atoms with Crippen molar-refractivity contribution in [1.29, 1.82) is 0 Å². The molecular weight excluding hydrogens is 140 g/mol. The van der Waals surface area contributed by atoms with Crippen molar-refractivity contribution in [1.82, 2.24) is 0 Å². The molecule has 11 heavy (non-hydrogen) atoms. The van der Waals surface area contributed by atoms with E-state index in [1.54, 1.807) is 7.11 Å². The predicted molar refractivity (Wildman–Crippen MR) is 46.6 cm³/mol. The van der Waals surface area contributed by atoms with Gasteiger partial charge >= 0.3 is 0 Å². The van der Waals surface area contributed by atoms with Crippen LogP contribution in [-0.4, -0.2) is 23.9 Å². The highest BCUT2D eigenvalue weighted by Crippen LogP contribution is 2.19. The summed E-state index contributed by atoms with van der Waals surface area (Å²) in [6, 6.07) is 0. The molecular formula is C9H20O2. The molecule has 0 aromatic rings. The van der Waals surface area contributed by atoms with E-state index >= 15 is 0 Å². The van der Waals surface area contributed by atoms with Crippen molar-refractivity contribution >= 4 is 0 Å². The zero-order valence-electron chi connectivity index (χ0n) is 8.05. The molecule has 0 aromatic carbocycles. The summed E-state index contributed by atoms with van der Waals surface area (Å²) in [6.07, 6.45) is 2.92. The van der Waals surface area contributed by atoms with E-state index in [1.807, 2.05) is 13.8 Å². The van der Waals surface area contributed by atoms with Crippen molar-refractivity contribution in [3.8, 4) is 0 Å². The molecule has 0 aliphatic carbocycles. The molecule has 0 saturated carbocycles. The summed E-state index contributed by atoms with van der Waals surface area (Å²) >= 11 is 0. The summed E-state index contributed by atoms with van der Waals surface area (Å²) in [7, 11) is 1.63. The van der Waals surface area contributed by atoms with Crippen LogP contribution in [0.15, 0.2) is 0 Å². The molecule has 68 valence electrons. The summed E-state index contributed by atoms with van der Waals surface area (Å²) < 4.78 is 5.06. The molecule has 0 fully saturated rings. The lowest BCUT2D eigenvalue weighted by Crippen LogP contribution is -2.38. The number of unbranched alkanes of at least 4 members (excludes halogenated alkanes) is 1. The van der Waals surface area contributed by atoms with Gasteiger partial charge in [-0.1, -0.05) is 19.8 Å². The van der Waals surface area contributed by atoms with Gasteiger partial charge < -0.3 is 9.84 Å². The second-order valence-electron chi connectivity index (χ2n) is 3.34. The van der Waals surface area contributed by atoms with Gasteiger partial charge in [-0.2, -0.15) is 0 Å². The monoisotopic (exact) mass is 160 g/mol. The Balaban J connectivity index is 3.77. The van der Waals surface area contributed by atoms with E-state index in [1.165, 1.54) is 0 Å². The summed E-state index contributed by atoms with van der Waals surface area (Å²) in [6.45, 7) is 5.85. The van der Waals surface area contributed by atoms with Crippen molar-refractivity contribution < 1.29 is 9.84 Å². The average molecular weight is 160 g/mol. The maximum absolute atomic E-state index is 9.79. The highest BCUT2D eigenvalue weighted by Gasteiger charge is 2.27. The van der Waals surface area contributed by atoms with Gasteiger partial charge in [0.25, 0.3) is 0 Å². The first-order chi connectivity index (χ1) is 5.04. The standard InChI is InChI=1S/C9H20O2/c1-5-6-7-9(3,10)8(2)11-4/h8,10H,5-7H2,1-4H3. The Kier molecular flexibility index (Phi) is 4.69. The third-order valence-corrected chi connectivity index (χ3v) is 2.27. The number of rotatable bonds is 5. The molecule has 0 saturated heterocycles. The van der Waals surface area contributed by atoms with E-state index in [-0.39, 0.29) is 6.10 Å².